The van der Waals surface area contributed by atoms with Crippen molar-refractivity contribution < 1.29 is 4.52 Å². The Morgan fingerprint density at radius 3 is 3.12 bits per heavy atom. The summed E-state index contributed by atoms with van der Waals surface area (Å²) in [7, 11) is 0. The fraction of sp³-hybridized carbons (Fsp3) is 0.250. The molecule has 2 aromatic heterocycles. The lowest BCUT2D eigenvalue weighted by molar-refractivity contribution is 0.379. The van der Waals surface area contributed by atoms with Crippen molar-refractivity contribution in [2.24, 2.45) is 0 Å². The molecule has 0 saturated heterocycles. The molecule has 0 bridgehead atoms. The molecule has 8 nitrogen and oxygen atoms in total. The van der Waals surface area contributed by atoms with Gasteiger partial charge in [0.25, 0.3) is 5.56 Å². The zero-order valence-electron chi connectivity index (χ0n) is 8.52. The van der Waals surface area contributed by atoms with Crippen LogP contribution in [0, 0.1) is 6.92 Å². The highest BCUT2D eigenvalue weighted by atomic mass is 16.5. The molecule has 2 heterocycles. The highest BCUT2D eigenvalue weighted by molar-refractivity contribution is 5.58. The molecular formula is C8H10N6O2. The Morgan fingerprint density at radius 2 is 2.44 bits per heavy atom. The number of aryl methyl sites for hydroxylation is 1. The Balaban J connectivity index is 2.10. The Labute approximate surface area is 89.9 Å². The van der Waals surface area contributed by atoms with Gasteiger partial charge in [-0.05, 0) is 6.92 Å². The quantitative estimate of drug-likeness (QED) is 0.648. The van der Waals surface area contributed by atoms with E-state index in [0.29, 0.717) is 17.5 Å². The second-order valence-electron chi connectivity index (χ2n) is 3.08. The number of hydrogen-bond acceptors (Lipinski definition) is 7. The molecule has 0 saturated carbocycles. The molecule has 0 radical (unpaired) electrons. The maximum atomic E-state index is 11.1. The van der Waals surface area contributed by atoms with E-state index in [2.05, 4.69) is 25.4 Å². The minimum atomic E-state index is -0.390. The SMILES string of the molecule is Cc1noc(CNc2nc[nH]c(=O)c2N)n1. The van der Waals surface area contributed by atoms with Crippen LogP contribution in [0.3, 0.4) is 0 Å². The van der Waals surface area contributed by atoms with Crippen LogP contribution < -0.4 is 16.6 Å². The van der Waals surface area contributed by atoms with Crippen molar-refractivity contribution >= 4 is 11.5 Å². The molecule has 84 valence electrons. The molecular weight excluding hydrogens is 212 g/mol. The summed E-state index contributed by atoms with van der Waals surface area (Å²) < 4.78 is 4.88. The molecule has 0 spiro atoms. The fourth-order valence-electron chi connectivity index (χ4n) is 1.12. The first-order chi connectivity index (χ1) is 7.66. The second kappa shape index (κ2) is 4.01. The topological polar surface area (TPSA) is 123 Å². The molecule has 0 aliphatic heterocycles. The number of nitrogens with two attached hydrogens (primary N) is 1. The van der Waals surface area contributed by atoms with Crippen LogP contribution in [-0.2, 0) is 6.54 Å². The maximum Gasteiger partial charge on any atom is 0.276 e. The average Bonchev–Trinajstić information content (AvgIpc) is 2.67. The first kappa shape index (κ1) is 10.1. The van der Waals surface area contributed by atoms with Gasteiger partial charge in [-0.2, -0.15) is 4.98 Å². The van der Waals surface area contributed by atoms with Crippen LogP contribution in [0.2, 0.25) is 0 Å². The van der Waals surface area contributed by atoms with Gasteiger partial charge in [-0.3, -0.25) is 4.79 Å². The largest absolute Gasteiger partial charge is 0.391 e. The number of nitrogen functional groups attached to an aromatic ring is 1. The fourth-order valence-corrected chi connectivity index (χ4v) is 1.12. The highest BCUT2D eigenvalue weighted by Gasteiger charge is 2.06. The van der Waals surface area contributed by atoms with Crippen molar-refractivity contribution in [3.63, 3.8) is 0 Å². The van der Waals surface area contributed by atoms with Crippen LogP contribution in [0.4, 0.5) is 11.5 Å². The predicted octanol–water partition coefficient (Wildman–Crippen LogP) is -0.344. The first-order valence-corrected chi connectivity index (χ1v) is 4.53. The van der Waals surface area contributed by atoms with E-state index >= 15 is 0 Å². The van der Waals surface area contributed by atoms with Gasteiger partial charge in [-0.25, -0.2) is 4.98 Å². The van der Waals surface area contributed by atoms with Crippen molar-refractivity contribution in [3.05, 3.63) is 28.4 Å². The van der Waals surface area contributed by atoms with Crippen LogP contribution in [0.25, 0.3) is 0 Å². The summed E-state index contributed by atoms with van der Waals surface area (Å²) in [5.74, 6) is 1.24. The summed E-state index contributed by atoms with van der Waals surface area (Å²) in [4.78, 5) is 21.4. The van der Waals surface area contributed by atoms with Crippen molar-refractivity contribution in [1.29, 1.82) is 0 Å². The zero-order chi connectivity index (χ0) is 11.5. The Kier molecular flexibility index (Phi) is 2.54. The number of H-pyrrole nitrogens is 1. The smallest absolute Gasteiger partial charge is 0.276 e. The molecule has 8 heteroatoms. The van der Waals surface area contributed by atoms with Crippen molar-refractivity contribution in [1.82, 2.24) is 20.1 Å². The summed E-state index contributed by atoms with van der Waals surface area (Å²) in [5, 5.41) is 6.45. The molecule has 2 rings (SSSR count). The van der Waals surface area contributed by atoms with Gasteiger partial charge in [-0.15, -0.1) is 0 Å². The van der Waals surface area contributed by atoms with E-state index in [1.165, 1.54) is 6.33 Å². The number of anilines is 2. The molecule has 16 heavy (non-hydrogen) atoms. The number of aromatic amines is 1. The van der Waals surface area contributed by atoms with Crippen LogP contribution in [-0.4, -0.2) is 20.1 Å². The van der Waals surface area contributed by atoms with E-state index in [4.69, 9.17) is 10.3 Å². The molecule has 0 amide bonds. The molecule has 0 aliphatic carbocycles. The third kappa shape index (κ3) is 2.00. The molecule has 0 unspecified atom stereocenters. The summed E-state index contributed by atoms with van der Waals surface area (Å²) in [5.41, 5.74) is 5.15. The van der Waals surface area contributed by atoms with Crippen molar-refractivity contribution in [3.8, 4) is 0 Å². The van der Waals surface area contributed by atoms with Crippen LogP contribution in [0.15, 0.2) is 15.6 Å². The van der Waals surface area contributed by atoms with Gasteiger partial charge in [-0.1, -0.05) is 5.16 Å². The summed E-state index contributed by atoms with van der Waals surface area (Å²) in [6, 6.07) is 0. The van der Waals surface area contributed by atoms with E-state index in [9.17, 15) is 4.79 Å². The standard InChI is InChI=1S/C8H10N6O2/c1-4-13-5(16-14-4)2-10-7-6(9)8(15)12-3-11-7/h3H,2,9H2,1H3,(H2,10,11,12,15). The minimum Gasteiger partial charge on any atom is -0.391 e. The number of rotatable bonds is 3. The molecule has 4 N–H and O–H groups in total. The lowest BCUT2D eigenvalue weighted by Gasteiger charge is -2.03. The van der Waals surface area contributed by atoms with Gasteiger partial charge in [0.1, 0.15) is 5.69 Å². The first-order valence-electron chi connectivity index (χ1n) is 4.53. The van der Waals surface area contributed by atoms with Gasteiger partial charge in [0.05, 0.1) is 12.9 Å². The number of nitrogens with one attached hydrogen (secondary N) is 2. The summed E-state index contributed by atoms with van der Waals surface area (Å²) >= 11 is 0. The van der Waals surface area contributed by atoms with Gasteiger partial charge >= 0.3 is 0 Å². The van der Waals surface area contributed by atoms with E-state index in [0.717, 1.165) is 0 Å². The average molecular weight is 222 g/mol. The summed E-state index contributed by atoms with van der Waals surface area (Å²) in [6.45, 7) is 1.98. The van der Waals surface area contributed by atoms with Gasteiger partial charge < -0.3 is 20.6 Å². The van der Waals surface area contributed by atoms with Crippen LogP contribution in [0.5, 0.6) is 0 Å². The normalized spacial score (nSPS) is 10.3. The number of nitrogens with zero attached hydrogens (tertiary/aromatic N) is 3. The Morgan fingerprint density at radius 1 is 1.62 bits per heavy atom. The molecule has 0 atom stereocenters. The molecule has 0 aliphatic rings. The highest BCUT2D eigenvalue weighted by Crippen LogP contribution is 2.08. The molecule has 0 aromatic carbocycles. The third-order valence-electron chi connectivity index (χ3n) is 1.87. The van der Waals surface area contributed by atoms with Crippen molar-refractivity contribution in [2.75, 3.05) is 11.1 Å². The predicted molar refractivity (Wildman–Crippen MR) is 55.6 cm³/mol. The van der Waals surface area contributed by atoms with E-state index in [1.54, 1.807) is 6.92 Å². The molecule has 2 aromatic rings. The third-order valence-corrected chi connectivity index (χ3v) is 1.87. The van der Waals surface area contributed by atoms with Crippen molar-refractivity contribution in [2.45, 2.75) is 13.5 Å². The van der Waals surface area contributed by atoms with Crippen LogP contribution in [0.1, 0.15) is 11.7 Å². The number of aromatic nitrogens is 4. The van der Waals surface area contributed by atoms with E-state index in [1.807, 2.05) is 0 Å². The minimum absolute atomic E-state index is 0.0266. The van der Waals surface area contributed by atoms with Gasteiger partial charge in [0.2, 0.25) is 5.89 Å². The monoisotopic (exact) mass is 222 g/mol. The van der Waals surface area contributed by atoms with E-state index in [-0.39, 0.29) is 17.8 Å². The van der Waals surface area contributed by atoms with Crippen LogP contribution >= 0.6 is 0 Å². The van der Waals surface area contributed by atoms with E-state index < -0.39 is 0 Å². The number of hydrogen-bond donors (Lipinski definition) is 3. The zero-order valence-corrected chi connectivity index (χ0v) is 8.52. The Hall–Kier alpha value is -2.38. The Bertz CT molecular complexity index is 545. The lowest BCUT2D eigenvalue weighted by Crippen LogP contribution is -2.16. The summed E-state index contributed by atoms with van der Waals surface area (Å²) in [6.07, 6.45) is 1.26. The van der Waals surface area contributed by atoms with Gasteiger partial charge in [0.15, 0.2) is 11.6 Å². The maximum absolute atomic E-state index is 11.1. The van der Waals surface area contributed by atoms with Gasteiger partial charge in [0, 0.05) is 0 Å². The second-order valence-corrected chi connectivity index (χ2v) is 3.08. The lowest BCUT2D eigenvalue weighted by atomic mass is 10.4. The molecule has 0 fully saturated rings.